The molecule has 0 spiro atoms. The highest BCUT2D eigenvalue weighted by atomic mass is 16.3. The summed E-state index contributed by atoms with van der Waals surface area (Å²) in [6.45, 7) is 14.9. The highest BCUT2D eigenvalue weighted by molar-refractivity contribution is 5.86. The van der Waals surface area contributed by atoms with Crippen molar-refractivity contribution in [3.05, 3.63) is 35.4 Å². The maximum Gasteiger partial charge on any atom is 0.142 e. The number of aliphatic hydroxyl groups is 1. The van der Waals surface area contributed by atoms with Crippen molar-refractivity contribution < 1.29 is 9.90 Å². The summed E-state index contributed by atoms with van der Waals surface area (Å²) in [4.78, 5) is 11.9. The largest absolute Gasteiger partial charge is 0.396 e. The molecule has 132 valence electrons. The van der Waals surface area contributed by atoms with Crippen molar-refractivity contribution in [3.8, 4) is 0 Å². The maximum absolute atomic E-state index is 11.9. The monoisotopic (exact) mass is 320 g/mol. The van der Waals surface area contributed by atoms with Crippen molar-refractivity contribution in [1.82, 2.24) is 0 Å². The highest BCUT2D eigenvalue weighted by Crippen LogP contribution is 2.21. The second-order valence-corrected chi connectivity index (χ2v) is 7.52. The van der Waals surface area contributed by atoms with Crippen LogP contribution >= 0.6 is 0 Å². The topological polar surface area (TPSA) is 37.3 Å². The van der Waals surface area contributed by atoms with Crippen LogP contribution in [0.5, 0.6) is 0 Å². The standard InChI is InChI=1S/C16H24O.C5H12O/c1-11(2)10-14-6-8-15(9-7-14)13(5)16(17)12(3)4;1-5(2)3-4-6/h6-9,11-13H,10H2,1-5H3;5-6H,3-4H2,1-2H3. The first-order valence-corrected chi connectivity index (χ1v) is 8.92. The van der Waals surface area contributed by atoms with E-state index in [0.717, 1.165) is 18.4 Å². The Kier molecular flexibility index (Phi) is 10.8. The number of benzene rings is 1. The molecule has 0 aliphatic rings. The molecule has 0 saturated heterocycles. The van der Waals surface area contributed by atoms with E-state index >= 15 is 0 Å². The summed E-state index contributed by atoms with van der Waals surface area (Å²) in [6, 6.07) is 8.50. The molecule has 1 aromatic carbocycles. The number of hydrogen-bond donors (Lipinski definition) is 1. The molecule has 0 aliphatic carbocycles. The molecule has 2 heteroatoms. The predicted molar refractivity (Wildman–Crippen MR) is 99.8 cm³/mol. The number of hydrogen-bond acceptors (Lipinski definition) is 2. The van der Waals surface area contributed by atoms with Crippen LogP contribution in [0, 0.1) is 17.8 Å². The van der Waals surface area contributed by atoms with Crippen molar-refractivity contribution in [2.45, 2.75) is 67.2 Å². The van der Waals surface area contributed by atoms with Crippen LogP contribution in [0.25, 0.3) is 0 Å². The molecule has 1 unspecified atom stereocenters. The molecule has 2 nitrogen and oxygen atoms in total. The Hall–Kier alpha value is -1.15. The van der Waals surface area contributed by atoms with Gasteiger partial charge in [0, 0.05) is 18.4 Å². The smallest absolute Gasteiger partial charge is 0.142 e. The lowest BCUT2D eigenvalue weighted by molar-refractivity contribution is -0.123. The molecule has 0 fully saturated rings. The average molecular weight is 321 g/mol. The number of carbonyl (C=O) groups is 1. The Morgan fingerprint density at radius 3 is 1.74 bits per heavy atom. The van der Waals surface area contributed by atoms with Crippen LogP contribution in [0.15, 0.2) is 24.3 Å². The fraction of sp³-hybridized carbons (Fsp3) is 0.667. The summed E-state index contributed by atoms with van der Waals surface area (Å²) in [7, 11) is 0. The summed E-state index contributed by atoms with van der Waals surface area (Å²) < 4.78 is 0. The Labute approximate surface area is 143 Å². The first-order valence-electron chi connectivity index (χ1n) is 8.92. The van der Waals surface area contributed by atoms with Crippen LogP contribution in [0.1, 0.15) is 71.9 Å². The molecule has 0 radical (unpaired) electrons. The summed E-state index contributed by atoms with van der Waals surface area (Å²) in [5.41, 5.74) is 2.49. The summed E-state index contributed by atoms with van der Waals surface area (Å²) >= 11 is 0. The van der Waals surface area contributed by atoms with Gasteiger partial charge >= 0.3 is 0 Å². The zero-order valence-electron chi connectivity index (χ0n) is 16.1. The molecule has 0 aromatic heterocycles. The lowest BCUT2D eigenvalue weighted by atomic mass is 9.89. The predicted octanol–water partition coefficient (Wildman–Crippen LogP) is 5.24. The van der Waals surface area contributed by atoms with Gasteiger partial charge in [0.15, 0.2) is 0 Å². The van der Waals surface area contributed by atoms with Gasteiger partial charge in [0.05, 0.1) is 0 Å². The van der Waals surface area contributed by atoms with Gasteiger partial charge < -0.3 is 5.11 Å². The van der Waals surface area contributed by atoms with Gasteiger partial charge in [0.25, 0.3) is 0 Å². The molecule has 1 atom stereocenters. The molecule has 1 aromatic rings. The van der Waals surface area contributed by atoms with Crippen molar-refractivity contribution in [1.29, 1.82) is 0 Å². The van der Waals surface area contributed by atoms with Crippen LogP contribution in [-0.4, -0.2) is 17.5 Å². The van der Waals surface area contributed by atoms with E-state index in [1.54, 1.807) is 0 Å². The first-order chi connectivity index (χ1) is 10.7. The molecule has 1 N–H and O–H groups in total. The Balaban J connectivity index is 0.000000688. The fourth-order valence-electron chi connectivity index (χ4n) is 2.34. The van der Waals surface area contributed by atoms with Crippen molar-refractivity contribution >= 4 is 5.78 Å². The van der Waals surface area contributed by atoms with E-state index in [1.165, 1.54) is 5.56 Å². The van der Waals surface area contributed by atoms with E-state index in [9.17, 15) is 4.79 Å². The number of Topliss-reactive ketones (excluding diaryl/α,β-unsaturated/α-hetero) is 1. The first kappa shape index (κ1) is 21.9. The van der Waals surface area contributed by atoms with E-state index in [-0.39, 0.29) is 11.8 Å². The minimum Gasteiger partial charge on any atom is -0.396 e. The van der Waals surface area contributed by atoms with E-state index < -0.39 is 0 Å². The minimum atomic E-state index is 0.0168. The third-order valence-electron chi connectivity index (χ3n) is 3.83. The lowest BCUT2D eigenvalue weighted by Gasteiger charge is -2.14. The number of carbonyl (C=O) groups excluding carboxylic acids is 1. The number of rotatable bonds is 7. The van der Waals surface area contributed by atoms with Gasteiger partial charge in [0.1, 0.15) is 5.78 Å². The van der Waals surface area contributed by atoms with Gasteiger partial charge in [-0.1, -0.05) is 72.7 Å². The Morgan fingerprint density at radius 2 is 1.43 bits per heavy atom. The Morgan fingerprint density at radius 1 is 0.913 bits per heavy atom. The fourth-order valence-corrected chi connectivity index (χ4v) is 2.34. The third kappa shape index (κ3) is 9.55. The molecule has 0 heterocycles. The van der Waals surface area contributed by atoms with Crippen molar-refractivity contribution in [2.24, 2.45) is 17.8 Å². The van der Waals surface area contributed by atoms with Crippen molar-refractivity contribution in [3.63, 3.8) is 0 Å². The molecule has 23 heavy (non-hydrogen) atoms. The van der Waals surface area contributed by atoms with Gasteiger partial charge in [-0.05, 0) is 35.8 Å². The van der Waals surface area contributed by atoms with Crippen LogP contribution in [0.4, 0.5) is 0 Å². The quantitative estimate of drug-likeness (QED) is 0.746. The third-order valence-corrected chi connectivity index (χ3v) is 3.83. The Bertz CT molecular complexity index is 430. The second kappa shape index (κ2) is 11.4. The zero-order chi connectivity index (χ0) is 18.0. The van der Waals surface area contributed by atoms with Crippen LogP contribution < -0.4 is 0 Å². The summed E-state index contributed by atoms with van der Waals surface area (Å²) in [5, 5.41) is 8.24. The van der Waals surface area contributed by atoms with E-state index in [4.69, 9.17) is 5.11 Å². The van der Waals surface area contributed by atoms with E-state index in [2.05, 4.69) is 52.0 Å². The molecule has 0 saturated carbocycles. The van der Waals surface area contributed by atoms with Crippen molar-refractivity contribution in [2.75, 3.05) is 6.61 Å². The van der Waals surface area contributed by atoms with Crippen LogP contribution in [0.3, 0.4) is 0 Å². The maximum atomic E-state index is 11.9. The van der Waals surface area contributed by atoms with Crippen LogP contribution in [-0.2, 0) is 11.2 Å². The average Bonchev–Trinajstić information content (AvgIpc) is 2.46. The molecule has 1 rings (SSSR count). The molecule has 0 aliphatic heterocycles. The van der Waals surface area contributed by atoms with Crippen LogP contribution in [0.2, 0.25) is 0 Å². The van der Waals surface area contributed by atoms with Gasteiger partial charge in [0.2, 0.25) is 0 Å². The summed E-state index contributed by atoms with van der Waals surface area (Å²) in [6.07, 6.45) is 2.03. The van der Waals surface area contributed by atoms with Gasteiger partial charge in [-0.3, -0.25) is 4.79 Å². The van der Waals surface area contributed by atoms with Gasteiger partial charge in [-0.15, -0.1) is 0 Å². The minimum absolute atomic E-state index is 0.0168. The second-order valence-electron chi connectivity index (χ2n) is 7.52. The molecular weight excluding hydrogens is 284 g/mol. The summed E-state index contributed by atoms with van der Waals surface area (Å²) in [5.74, 6) is 1.77. The molecule has 0 amide bonds. The van der Waals surface area contributed by atoms with E-state index in [1.807, 2.05) is 20.8 Å². The van der Waals surface area contributed by atoms with E-state index in [0.29, 0.717) is 24.2 Å². The molecular formula is C21H36O2. The molecule has 0 bridgehead atoms. The number of ketones is 1. The lowest BCUT2D eigenvalue weighted by Crippen LogP contribution is -2.15. The van der Waals surface area contributed by atoms with Gasteiger partial charge in [-0.25, -0.2) is 0 Å². The SMILES string of the molecule is CC(C)CCO.CC(C)Cc1ccc(C(C)C(=O)C(C)C)cc1. The normalized spacial score (nSPS) is 12.3. The number of aliphatic hydroxyl groups excluding tert-OH is 1. The highest BCUT2D eigenvalue weighted by Gasteiger charge is 2.17. The zero-order valence-corrected chi connectivity index (χ0v) is 16.1. The van der Waals surface area contributed by atoms with Gasteiger partial charge in [-0.2, -0.15) is 0 Å².